The van der Waals surface area contributed by atoms with Crippen LogP contribution in [0.15, 0.2) is 36.7 Å². The summed E-state index contributed by atoms with van der Waals surface area (Å²) in [5.41, 5.74) is 0.929. The average Bonchev–Trinajstić information content (AvgIpc) is 2.70. The second kappa shape index (κ2) is 17.8. The van der Waals surface area contributed by atoms with E-state index in [9.17, 15) is 4.79 Å². The molecule has 0 radical (unpaired) electrons. The number of aromatic nitrogens is 1. The maximum absolute atomic E-state index is 11.7. The molecule has 0 bridgehead atoms. The van der Waals surface area contributed by atoms with Gasteiger partial charge in [-0.1, -0.05) is 89.4 Å². The van der Waals surface area contributed by atoms with Crippen LogP contribution in [0.1, 0.15) is 102 Å². The molecule has 0 unspecified atom stereocenters. The number of carbonyl (C=O) groups excluding carboxylic acids is 1. The van der Waals surface area contributed by atoms with Gasteiger partial charge < -0.3 is 4.74 Å². The third kappa shape index (κ3) is 15.1. The lowest BCUT2D eigenvalue weighted by Gasteiger charge is -2.03. The van der Waals surface area contributed by atoms with Gasteiger partial charge in [0.05, 0.1) is 0 Å². The highest BCUT2D eigenvalue weighted by atomic mass is 16.5. The van der Waals surface area contributed by atoms with E-state index in [-0.39, 0.29) is 5.97 Å². The molecule has 0 amide bonds. The SMILES string of the molecule is CCCCCCCCCCCCC/C=C\CCC(=O)OCc1cccnc1. The predicted molar refractivity (Wildman–Crippen MR) is 113 cm³/mol. The summed E-state index contributed by atoms with van der Waals surface area (Å²) in [7, 11) is 0. The number of ether oxygens (including phenoxy) is 1. The number of rotatable bonds is 17. The van der Waals surface area contributed by atoms with Gasteiger partial charge in [0.2, 0.25) is 0 Å². The molecule has 0 spiro atoms. The maximum Gasteiger partial charge on any atom is 0.306 e. The molecular formula is C24H39NO2. The standard InChI is InChI=1S/C24H39NO2/c1-2-3-4-5-6-7-8-9-10-11-12-13-14-15-16-19-24(26)27-22-23-18-17-20-25-21-23/h14-15,17-18,20-21H,2-13,16,19,22H2,1H3/b15-14-. The first-order valence-electron chi connectivity index (χ1n) is 11.0. The predicted octanol–water partition coefficient (Wildman–Crippen LogP) is 7.16. The van der Waals surface area contributed by atoms with E-state index in [1.807, 2.05) is 12.1 Å². The number of hydrogen-bond donors (Lipinski definition) is 0. The smallest absolute Gasteiger partial charge is 0.306 e. The van der Waals surface area contributed by atoms with Gasteiger partial charge in [-0.25, -0.2) is 0 Å². The minimum absolute atomic E-state index is 0.141. The van der Waals surface area contributed by atoms with Crippen LogP contribution in [0.4, 0.5) is 0 Å². The molecule has 1 rings (SSSR count). The zero-order chi connectivity index (χ0) is 19.4. The molecule has 3 nitrogen and oxygen atoms in total. The number of carbonyl (C=O) groups is 1. The summed E-state index contributed by atoms with van der Waals surface area (Å²) in [6, 6.07) is 3.76. The van der Waals surface area contributed by atoms with Crippen LogP contribution in [0, 0.1) is 0 Å². The van der Waals surface area contributed by atoms with Crippen molar-refractivity contribution in [1.29, 1.82) is 0 Å². The number of nitrogens with zero attached hydrogens (tertiary/aromatic N) is 1. The zero-order valence-corrected chi connectivity index (χ0v) is 17.3. The van der Waals surface area contributed by atoms with Crippen LogP contribution >= 0.6 is 0 Å². The third-order valence-corrected chi connectivity index (χ3v) is 4.78. The van der Waals surface area contributed by atoms with E-state index in [1.165, 1.54) is 70.6 Å². The third-order valence-electron chi connectivity index (χ3n) is 4.78. The highest BCUT2D eigenvalue weighted by molar-refractivity contribution is 5.69. The van der Waals surface area contributed by atoms with Crippen molar-refractivity contribution in [3.63, 3.8) is 0 Å². The van der Waals surface area contributed by atoms with Crippen LogP contribution in [0.3, 0.4) is 0 Å². The second-order valence-electron chi connectivity index (χ2n) is 7.36. The monoisotopic (exact) mass is 373 g/mol. The fraction of sp³-hybridized carbons (Fsp3) is 0.667. The highest BCUT2D eigenvalue weighted by Gasteiger charge is 2.01. The first kappa shape index (κ1) is 23.4. The summed E-state index contributed by atoms with van der Waals surface area (Å²) in [6.45, 7) is 2.59. The van der Waals surface area contributed by atoms with Crippen LogP contribution in [-0.4, -0.2) is 11.0 Å². The summed E-state index contributed by atoms with van der Waals surface area (Å²) in [6.07, 6.45) is 25.3. The number of hydrogen-bond acceptors (Lipinski definition) is 3. The summed E-state index contributed by atoms with van der Waals surface area (Å²) >= 11 is 0. The van der Waals surface area contributed by atoms with E-state index in [0.29, 0.717) is 13.0 Å². The molecule has 1 heterocycles. The molecule has 0 aliphatic heterocycles. The molecular weight excluding hydrogens is 334 g/mol. The van der Waals surface area contributed by atoms with Gasteiger partial charge in [0.25, 0.3) is 0 Å². The minimum Gasteiger partial charge on any atom is -0.461 e. The van der Waals surface area contributed by atoms with Crippen molar-refractivity contribution in [2.75, 3.05) is 0 Å². The fourth-order valence-electron chi connectivity index (χ4n) is 3.08. The molecule has 0 aliphatic carbocycles. The second-order valence-corrected chi connectivity index (χ2v) is 7.36. The Hall–Kier alpha value is -1.64. The van der Waals surface area contributed by atoms with E-state index in [1.54, 1.807) is 12.4 Å². The van der Waals surface area contributed by atoms with Crippen LogP contribution in [0.5, 0.6) is 0 Å². The van der Waals surface area contributed by atoms with Crippen molar-refractivity contribution in [3.8, 4) is 0 Å². The van der Waals surface area contributed by atoms with Crippen molar-refractivity contribution in [2.24, 2.45) is 0 Å². The lowest BCUT2D eigenvalue weighted by Crippen LogP contribution is -2.03. The van der Waals surface area contributed by atoms with Gasteiger partial charge in [0.15, 0.2) is 0 Å². The lowest BCUT2D eigenvalue weighted by molar-refractivity contribution is -0.144. The summed E-state index contributed by atoms with van der Waals surface area (Å²) in [5, 5.41) is 0. The molecule has 1 aromatic heterocycles. The van der Waals surface area contributed by atoms with Crippen LogP contribution in [-0.2, 0) is 16.1 Å². The average molecular weight is 374 g/mol. The van der Waals surface area contributed by atoms with Crippen molar-refractivity contribution >= 4 is 5.97 Å². The highest BCUT2D eigenvalue weighted by Crippen LogP contribution is 2.12. The van der Waals surface area contributed by atoms with E-state index < -0.39 is 0 Å². The lowest BCUT2D eigenvalue weighted by atomic mass is 10.1. The van der Waals surface area contributed by atoms with Crippen molar-refractivity contribution in [3.05, 3.63) is 42.2 Å². The Bertz CT molecular complexity index is 484. The number of unbranched alkanes of at least 4 members (excludes halogenated alkanes) is 11. The van der Waals surface area contributed by atoms with E-state index in [4.69, 9.17) is 4.74 Å². The minimum atomic E-state index is -0.141. The molecule has 0 atom stereocenters. The largest absolute Gasteiger partial charge is 0.461 e. The molecule has 152 valence electrons. The number of esters is 1. The molecule has 3 heteroatoms. The Morgan fingerprint density at radius 2 is 1.56 bits per heavy atom. The normalized spacial score (nSPS) is 11.1. The zero-order valence-electron chi connectivity index (χ0n) is 17.3. The van der Waals surface area contributed by atoms with Gasteiger partial charge in [0.1, 0.15) is 6.61 Å². The first-order chi connectivity index (χ1) is 13.3. The molecule has 0 saturated carbocycles. The van der Waals surface area contributed by atoms with E-state index in [2.05, 4.69) is 24.1 Å². The molecule has 0 aromatic carbocycles. The van der Waals surface area contributed by atoms with Gasteiger partial charge in [-0.2, -0.15) is 0 Å². The Kier molecular flexibility index (Phi) is 15.4. The summed E-state index contributed by atoms with van der Waals surface area (Å²) in [4.78, 5) is 15.7. The Balaban J connectivity index is 1.83. The van der Waals surface area contributed by atoms with Crippen molar-refractivity contribution in [2.45, 2.75) is 103 Å². The van der Waals surface area contributed by atoms with Crippen LogP contribution < -0.4 is 0 Å². The summed E-state index contributed by atoms with van der Waals surface area (Å²) in [5.74, 6) is -0.141. The molecule has 1 aromatic rings. The van der Waals surface area contributed by atoms with Crippen molar-refractivity contribution < 1.29 is 9.53 Å². The van der Waals surface area contributed by atoms with Gasteiger partial charge in [-0.15, -0.1) is 0 Å². The summed E-state index contributed by atoms with van der Waals surface area (Å²) < 4.78 is 5.23. The molecule has 0 aliphatic rings. The van der Waals surface area contributed by atoms with Gasteiger partial charge >= 0.3 is 5.97 Å². The first-order valence-corrected chi connectivity index (χ1v) is 11.0. The quantitative estimate of drug-likeness (QED) is 0.165. The van der Waals surface area contributed by atoms with E-state index in [0.717, 1.165) is 18.4 Å². The Labute approximate surface area is 166 Å². The Morgan fingerprint density at radius 3 is 2.19 bits per heavy atom. The molecule has 0 N–H and O–H groups in total. The molecule has 0 fully saturated rings. The van der Waals surface area contributed by atoms with Gasteiger partial charge in [-0.3, -0.25) is 9.78 Å². The van der Waals surface area contributed by atoms with Gasteiger partial charge in [0, 0.05) is 24.4 Å². The maximum atomic E-state index is 11.7. The van der Waals surface area contributed by atoms with E-state index >= 15 is 0 Å². The van der Waals surface area contributed by atoms with Crippen LogP contribution in [0.25, 0.3) is 0 Å². The Morgan fingerprint density at radius 1 is 0.926 bits per heavy atom. The fourth-order valence-corrected chi connectivity index (χ4v) is 3.08. The van der Waals surface area contributed by atoms with Crippen molar-refractivity contribution in [1.82, 2.24) is 4.98 Å². The topological polar surface area (TPSA) is 39.2 Å². The number of pyridine rings is 1. The molecule has 0 saturated heterocycles. The van der Waals surface area contributed by atoms with Crippen LogP contribution in [0.2, 0.25) is 0 Å². The molecule has 27 heavy (non-hydrogen) atoms. The number of allylic oxidation sites excluding steroid dienone is 2. The van der Waals surface area contributed by atoms with Gasteiger partial charge in [-0.05, 0) is 25.3 Å².